The first kappa shape index (κ1) is 27.5. The van der Waals surface area contributed by atoms with E-state index in [1.54, 1.807) is 7.05 Å². The molecule has 1 aliphatic heterocycles. The Labute approximate surface area is 205 Å². The van der Waals surface area contributed by atoms with Crippen LogP contribution in [0.1, 0.15) is 31.9 Å². The molecule has 1 heterocycles. The summed E-state index contributed by atoms with van der Waals surface area (Å²) in [6, 6.07) is 6.56. The Balaban J connectivity index is 0.00000480. The summed E-state index contributed by atoms with van der Waals surface area (Å²) >= 11 is 0. The minimum atomic E-state index is -0.228. The van der Waals surface area contributed by atoms with Crippen molar-refractivity contribution in [3.8, 4) is 0 Å². The predicted molar refractivity (Wildman–Crippen MR) is 142 cm³/mol. The quantitative estimate of drug-likeness (QED) is 0.328. The van der Waals surface area contributed by atoms with E-state index in [1.807, 2.05) is 32.7 Å². The number of carbonyl (C=O) groups excluding carboxylic acids is 1. The molecule has 7 nitrogen and oxygen atoms in total. The molecule has 0 atom stereocenters. The number of halogens is 1. The number of benzene rings is 1. The summed E-state index contributed by atoms with van der Waals surface area (Å²) in [6.45, 7) is 16.6. The Morgan fingerprint density at radius 1 is 1.16 bits per heavy atom. The number of aryl methyl sites for hydroxylation is 1. The number of likely N-dealkylation sites (N-methyl/N-ethyl adjacent to an activating group) is 1. The summed E-state index contributed by atoms with van der Waals surface area (Å²) in [7, 11) is 3.64. The van der Waals surface area contributed by atoms with Crippen LogP contribution in [-0.4, -0.2) is 87.1 Å². The fraction of sp³-hybridized carbons (Fsp3) is 0.652. The lowest BCUT2D eigenvalue weighted by Gasteiger charge is -2.37. The van der Waals surface area contributed by atoms with Crippen LogP contribution in [0.25, 0.3) is 0 Å². The lowest BCUT2D eigenvalue weighted by molar-refractivity contribution is -0.122. The lowest BCUT2D eigenvalue weighted by atomic mass is 10.1. The number of amides is 1. The Hall–Kier alpha value is -1.55. The molecule has 1 aromatic rings. The first-order chi connectivity index (χ1) is 14.1. The van der Waals surface area contributed by atoms with Crippen LogP contribution in [0.4, 0.5) is 5.69 Å². The fourth-order valence-electron chi connectivity index (χ4n) is 3.75. The van der Waals surface area contributed by atoms with Crippen LogP contribution in [0.15, 0.2) is 23.2 Å². The third kappa shape index (κ3) is 8.84. The van der Waals surface area contributed by atoms with Gasteiger partial charge in [-0.1, -0.05) is 12.1 Å². The molecule has 1 amide bonds. The van der Waals surface area contributed by atoms with Gasteiger partial charge < -0.3 is 20.4 Å². The maximum absolute atomic E-state index is 12.2. The monoisotopic (exact) mass is 544 g/mol. The number of guanidine groups is 1. The summed E-state index contributed by atoms with van der Waals surface area (Å²) in [4.78, 5) is 23.3. The molecule has 2 rings (SSSR count). The molecule has 0 spiro atoms. The molecule has 1 fully saturated rings. The van der Waals surface area contributed by atoms with Crippen LogP contribution in [0.5, 0.6) is 0 Å². The van der Waals surface area contributed by atoms with Crippen molar-refractivity contribution in [2.24, 2.45) is 4.99 Å². The Bertz CT molecular complexity index is 738. The van der Waals surface area contributed by atoms with E-state index in [2.05, 4.69) is 57.5 Å². The van der Waals surface area contributed by atoms with Crippen molar-refractivity contribution in [1.29, 1.82) is 0 Å². The zero-order valence-electron chi connectivity index (χ0n) is 20.3. The van der Waals surface area contributed by atoms with Crippen molar-refractivity contribution in [3.63, 3.8) is 0 Å². The van der Waals surface area contributed by atoms with Crippen LogP contribution in [-0.2, 0) is 4.79 Å². The second-order valence-electron chi connectivity index (χ2n) is 9.18. The van der Waals surface area contributed by atoms with E-state index in [4.69, 9.17) is 0 Å². The molecule has 8 heteroatoms. The molecule has 0 aliphatic carbocycles. The highest BCUT2D eigenvalue weighted by Crippen LogP contribution is 2.23. The van der Waals surface area contributed by atoms with Crippen LogP contribution in [0.3, 0.4) is 0 Å². The first-order valence-electron chi connectivity index (χ1n) is 10.9. The van der Waals surface area contributed by atoms with Crippen LogP contribution in [0.2, 0.25) is 0 Å². The van der Waals surface area contributed by atoms with Gasteiger partial charge in [-0.15, -0.1) is 24.0 Å². The molecular weight excluding hydrogens is 503 g/mol. The zero-order valence-corrected chi connectivity index (χ0v) is 22.6. The molecule has 1 saturated heterocycles. The third-order valence-corrected chi connectivity index (χ3v) is 5.47. The van der Waals surface area contributed by atoms with E-state index in [0.717, 1.165) is 45.2 Å². The topological polar surface area (TPSA) is 63.2 Å². The van der Waals surface area contributed by atoms with Gasteiger partial charge in [-0.2, -0.15) is 0 Å². The van der Waals surface area contributed by atoms with E-state index in [0.29, 0.717) is 0 Å². The number of hydrogen-bond donors (Lipinski definition) is 2. The maximum Gasteiger partial charge on any atom is 0.240 e. The van der Waals surface area contributed by atoms with Crippen LogP contribution < -0.4 is 15.5 Å². The third-order valence-electron chi connectivity index (χ3n) is 5.47. The molecule has 0 unspecified atom stereocenters. The molecule has 2 N–H and O–H groups in total. The summed E-state index contributed by atoms with van der Waals surface area (Å²) in [6.07, 6.45) is 0. The van der Waals surface area contributed by atoms with Crippen molar-refractivity contribution < 1.29 is 4.79 Å². The zero-order chi connectivity index (χ0) is 22.3. The number of aliphatic imine (C=N–C) groups is 1. The van der Waals surface area contributed by atoms with E-state index in [-0.39, 0.29) is 42.0 Å². The number of carbonyl (C=O) groups is 1. The van der Waals surface area contributed by atoms with Crippen molar-refractivity contribution in [2.75, 3.05) is 64.8 Å². The summed E-state index contributed by atoms with van der Waals surface area (Å²) in [5.74, 6) is 0.739. The van der Waals surface area contributed by atoms with Crippen molar-refractivity contribution in [3.05, 3.63) is 29.3 Å². The van der Waals surface area contributed by atoms with Gasteiger partial charge in [0.25, 0.3) is 0 Å². The number of rotatable bonds is 6. The number of nitrogens with one attached hydrogen (secondary N) is 2. The standard InChI is InChI=1S/C23H40N6O.HI/c1-18-9-8-10-20(19(18)2)29-15-13-28(14-16-29)12-11-25-22(24-6)27(7)17-21(30)26-23(3,4)5;/h8-10H,11-17H2,1-7H3,(H,24,25)(H,26,30);1H. The highest BCUT2D eigenvalue weighted by molar-refractivity contribution is 14.0. The number of nitrogens with zero attached hydrogens (tertiary/aromatic N) is 4. The molecule has 1 aromatic carbocycles. The minimum absolute atomic E-state index is 0. The van der Waals surface area contributed by atoms with Crippen LogP contribution >= 0.6 is 24.0 Å². The average molecular weight is 545 g/mol. The second-order valence-corrected chi connectivity index (χ2v) is 9.18. The summed E-state index contributed by atoms with van der Waals surface area (Å²) in [5, 5.41) is 6.37. The molecule has 31 heavy (non-hydrogen) atoms. The van der Waals surface area contributed by atoms with Crippen molar-refractivity contribution >= 4 is 41.5 Å². The Morgan fingerprint density at radius 3 is 2.39 bits per heavy atom. The van der Waals surface area contributed by atoms with E-state index >= 15 is 0 Å². The molecule has 0 bridgehead atoms. The SMILES string of the molecule is CN=C(NCCN1CCN(c2cccc(C)c2C)CC1)N(C)CC(=O)NC(C)(C)C.I. The summed E-state index contributed by atoms with van der Waals surface area (Å²) in [5.41, 5.74) is 3.87. The largest absolute Gasteiger partial charge is 0.369 e. The minimum Gasteiger partial charge on any atom is -0.369 e. The van der Waals surface area contributed by atoms with Crippen LogP contribution in [0, 0.1) is 13.8 Å². The van der Waals surface area contributed by atoms with Gasteiger partial charge in [0.2, 0.25) is 5.91 Å². The van der Waals surface area contributed by atoms with Gasteiger partial charge in [-0.25, -0.2) is 0 Å². The van der Waals surface area contributed by atoms with Gasteiger partial charge in [0.15, 0.2) is 5.96 Å². The van der Waals surface area contributed by atoms with Gasteiger partial charge in [0.1, 0.15) is 0 Å². The average Bonchev–Trinajstić information content (AvgIpc) is 2.66. The Kier molecular flexibility index (Phi) is 11.1. The number of anilines is 1. The molecule has 0 aromatic heterocycles. The lowest BCUT2D eigenvalue weighted by Crippen LogP contribution is -2.51. The molecule has 1 aliphatic rings. The fourth-order valence-corrected chi connectivity index (χ4v) is 3.75. The first-order valence-corrected chi connectivity index (χ1v) is 10.9. The highest BCUT2D eigenvalue weighted by Gasteiger charge is 2.19. The van der Waals surface area contributed by atoms with E-state index < -0.39 is 0 Å². The maximum atomic E-state index is 12.2. The molecule has 176 valence electrons. The Morgan fingerprint density at radius 2 is 1.81 bits per heavy atom. The van der Waals surface area contributed by atoms with Crippen molar-refractivity contribution in [1.82, 2.24) is 20.4 Å². The second kappa shape index (κ2) is 12.5. The summed E-state index contributed by atoms with van der Waals surface area (Å²) < 4.78 is 0. The van der Waals surface area contributed by atoms with Gasteiger partial charge >= 0.3 is 0 Å². The van der Waals surface area contributed by atoms with Gasteiger partial charge in [-0.05, 0) is 51.8 Å². The van der Waals surface area contributed by atoms with Crippen molar-refractivity contribution in [2.45, 2.75) is 40.2 Å². The number of hydrogen-bond acceptors (Lipinski definition) is 4. The molecule has 0 saturated carbocycles. The smallest absolute Gasteiger partial charge is 0.240 e. The van der Waals surface area contributed by atoms with Gasteiger partial charge in [-0.3, -0.25) is 14.7 Å². The molecular formula is C23H41IN6O. The van der Waals surface area contributed by atoms with Gasteiger partial charge in [0.05, 0.1) is 6.54 Å². The highest BCUT2D eigenvalue weighted by atomic mass is 127. The molecule has 0 radical (unpaired) electrons. The predicted octanol–water partition coefficient (Wildman–Crippen LogP) is 2.47. The normalized spacial score (nSPS) is 15.3. The van der Waals surface area contributed by atoms with E-state index in [9.17, 15) is 4.79 Å². The number of piperazine rings is 1. The van der Waals surface area contributed by atoms with E-state index in [1.165, 1.54) is 16.8 Å². The van der Waals surface area contributed by atoms with Gasteiger partial charge in [0, 0.05) is 64.6 Å².